The maximum Gasteiger partial charge on any atom is 0.221 e. The minimum absolute atomic E-state index is 0.0741. The third-order valence-corrected chi connectivity index (χ3v) is 22.1. The van der Waals surface area contributed by atoms with Gasteiger partial charge in [0, 0.05) is 120 Å². The number of piperidine rings is 1. The lowest BCUT2D eigenvalue weighted by Crippen LogP contribution is -2.52. The number of aliphatic hydroxyl groups excluding tert-OH is 3. The van der Waals surface area contributed by atoms with Crippen LogP contribution >= 0.6 is 0 Å². The summed E-state index contributed by atoms with van der Waals surface area (Å²) in [4.78, 5) is 24.4. The van der Waals surface area contributed by atoms with Crippen LogP contribution in [0.1, 0.15) is 166 Å². The van der Waals surface area contributed by atoms with E-state index >= 15 is 0 Å². The van der Waals surface area contributed by atoms with Gasteiger partial charge in [-0.25, -0.2) is 0 Å². The lowest BCUT2D eigenvalue weighted by Gasteiger charge is -2.43. The zero-order valence-electron chi connectivity index (χ0n) is 62.6. The van der Waals surface area contributed by atoms with E-state index in [0.717, 1.165) is 139 Å². The highest BCUT2D eigenvalue weighted by atomic mass is 16.3. The zero-order valence-corrected chi connectivity index (χ0v) is 62.6. The van der Waals surface area contributed by atoms with E-state index < -0.39 is 0 Å². The number of nitrogens with zero attached hydrogens (tertiary/aromatic N) is 5. The number of carbonyl (C=O) groups is 1. The van der Waals surface area contributed by atoms with Gasteiger partial charge in [0.15, 0.2) is 0 Å². The first-order valence-electron chi connectivity index (χ1n) is 39.1. The number of allylic oxidation sites excluding steroid dienone is 3. The number of nitrogens with one attached hydrogen (secondary N) is 1. The first-order chi connectivity index (χ1) is 51.9. The molecule has 9 aromatic carbocycles. The van der Waals surface area contributed by atoms with Gasteiger partial charge in [-0.1, -0.05) is 188 Å². The molecule has 12 nitrogen and oxygen atoms in total. The molecule has 0 unspecified atom stereocenters. The van der Waals surface area contributed by atoms with Gasteiger partial charge in [0.05, 0.1) is 0 Å². The van der Waals surface area contributed by atoms with Gasteiger partial charge in [0.2, 0.25) is 5.91 Å². The minimum atomic E-state index is -0.0741. The number of phenols is 2. The first-order valence-corrected chi connectivity index (χ1v) is 39.1. The molecule has 0 radical (unpaired) electrons. The van der Waals surface area contributed by atoms with Crippen LogP contribution in [0.5, 0.6) is 11.5 Å². The number of phenolic OH excluding ortho intramolecular Hbond substituents is 2. The number of rotatable bonds is 25. The van der Waals surface area contributed by atoms with E-state index in [0.29, 0.717) is 31.2 Å². The fraction of sp³-hybridized carbons (Fsp3) is 0.351. The van der Waals surface area contributed by atoms with Crippen molar-refractivity contribution in [2.24, 2.45) is 0 Å². The molecule has 0 spiro atoms. The van der Waals surface area contributed by atoms with Crippen LogP contribution in [0.2, 0.25) is 0 Å². The Labute approximate surface area is 630 Å². The summed E-state index contributed by atoms with van der Waals surface area (Å²) >= 11 is 0. The second-order valence-corrected chi connectivity index (χ2v) is 29.4. The van der Waals surface area contributed by atoms with Crippen LogP contribution in [-0.4, -0.2) is 150 Å². The second-order valence-electron chi connectivity index (χ2n) is 29.4. The predicted octanol–water partition coefficient (Wildman–Crippen LogP) is 18.2. The summed E-state index contributed by atoms with van der Waals surface area (Å²) in [6.07, 6.45) is 13.8. The van der Waals surface area contributed by atoms with Crippen LogP contribution in [0.15, 0.2) is 237 Å². The Morgan fingerprint density at radius 1 is 0.396 bits per heavy atom. The minimum Gasteiger partial charge on any atom is -0.508 e. The molecular weight excluding hydrogens is 1310 g/mol. The molecule has 5 fully saturated rings. The maximum absolute atomic E-state index is 11.5. The highest BCUT2D eigenvalue weighted by Gasteiger charge is 2.33. The SMILES string of the molecule is CC(=O)Nc1ccc(/C(=C(\CCCO)c2ccccc2)c2ccc(C3CCN(C4CC4)CC3)cc2)cc1.CC(C)N1CCN(c2ccc(/C(=C(/CCCO)c3ccccc3)c3ccccc3O)cc2)CC1.OCCC/C(=C(\c1ccc(O)cc1)c1ccc(N2CCN(C3CCC3)CC2)cc1)c1ccccc1. The monoisotopic (exact) mass is 1420 g/mol. The number of likely N-dealkylation sites (tertiary alicyclic amines) is 1. The summed E-state index contributed by atoms with van der Waals surface area (Å²) < 4.78 is 0. The summed E-state index contributed by atoms with van der Waals surface area (Å²) in [5.41, 5.74) is 21.6. The molecule has 0 aromatic heterocycles. The highest BCUT2D eigenvalue weighted by Crippen LogP contribution is 2.43. The molecule has 552 valence electrons. The van der Waals surface area contributed by atoms with Gasteiger partial charge in [0.25, 0.3) is 0 Å². The van der Waals surface area contributed by atoms with Crippen LogP contribution in [0.4, 0.5) is 17.1 Å². The summed E-state index contributed by atoms with van der Waals surface area (Å²) in [6.45, 7) is 17.7. The van der Waals surface area contributed by atoms with E-state index in [4.69, 9.17) is 0 Å². The molecule has 2 saturated carbocycles. The smallest absolute Gasteiger partial charge is 0.221 e. The van der Waals surface area contributed by atoms with E-state index in [1.807, 2.05) is 72.8 Å². The van der Waals surface area contributed by atoms with Gasteiger partial charge >= 0.3 is 0 Å². The highest BCUT2D eigenvalue weighted by molar-refractivity contribution is 6.02. The molecule has 12 heteroatoms. The fourth-order valence-corrected chi connectivity index (χ4v) is 15.9. The van der Waals surface area contributed by atoms with Crippen molar-refractivity contribution in [3.05, 3.63) is 292 Å². The Bertz CT molecular complexity index is 4280. The number of aliphatic hydroxyl groups is 3. The summed E-state index contributed by atoms with van der Waals surface area (Å²) in [5.74, 6) is 1.09. The summed E-state index contributed by atoms with van der Waals surface area (Å²) in [7, 11) is 0. The Morgan fingerprint density at radius 2 is 0.774 bits per heavy atom. The number of carbonyl (C=O) groups excluding carboxylic acids is 1. The van der Waals surface area contributed by atoms with E-state index in [1.165, 1.54) is 115 Å². The zero-order chi connectivity index (χ0) is 73.6. The van der Waals surface area contributed by atoms with Crippen molar-refractivity contribution in [1.82, 2.24) is 14.7 Å². The van der Waals surface area contributed by atoms with Crippen LogP contribution in [0.3, 0.4) is 0 Å². The lowest BCUT2D eigenvalue weighted by molar-refractivity contribution is -0.114. The Morgan fingerprint density at radius 3 is 1.18 bits per heavy atom. The van der Waals surface area contributed by atoms with Crippen LogP contribution in [0.25, 0.3) is 33.4 Å². The van der Waals surface area contributed by atoms with Gasteiger partial charge in [-0.2, -0.15) is 0 Å². The molecule has 0 bridgehead atoms. The van der Waals surface area contributed by atoms with Crippen molar-refractivity contribution in [2.75, 3.05) is 100 Å². The van der Waals surface area contributed by atoms with Crippen molar-refractivity contribution >= 4 is 56.4 Å². The van der Waals surface area contributed by atoms with Crippen molar-refractivity contribution < 1.29 is 30.3 Å². The number of anilines is 3. The standard InChI is InChI=1S/C33H38N2O2.C31H36N2O2.C30H36N2O2/c1-24(37)34-30-15-13-29(14-16-30)33(32(8-5-23-36)27-6-3-2-4-7-27)28-11-9-25(10-12-28)26-19-21-35(22-20-26)31-17-18-31;34-23-5-10-30(24-6-2-1-3-7-24)31(26-13-17-29(35)18-14-26)25-11-15-28(16-12-25)33-21-19-32(20-22-33)27-8-4-9-27;1-23(2)31-18-20-32(21-19-31)26-16-14-25(15-17-26)30(28-11-6-7-13-29(28)34)27(12-8-22-33)24-9-4-3-5-10-24/h2-4,6-7,9-16,26,31,36H,5,8,17-23H2,1H3,(H,34,37);1-3,6-7,11-18,27,34-35H,4-5,8-10,19-23H2;3-7,9-11,13-17,23,33-34H,8,12,18-22H2,1-2H3/b33-32+;31-30+;30-27+. The molecule has 6 N–H and O–H groups in total. The first kappa shape index (κ1) is 76.3. The third kappa shape index (κ3) is 20.2. The van der Waals surface area contributed by atoms with Gasteiger partial charge in [-0.15, -0.1) is 0 Å². The molecule has 106 heavy (non-hydrogen) atoms. The molecule has 14 rings (SSSR count). The Hall–Kier alpha value is -9.37. The van der Waals surface area contributed by atoms with Gasteiger partial charge in [-0.05, 0) is 248 Å². The fourth-order valence-electron chi connectivity index (χ4n) is 15.9. The van der Waals surface area contributed by atoms with Gasteiger partial charge in [0.1, 0.15) is 11.5 Å². The van der Waals surface area contributed by atoms with Crippen LogP contribution in [0, 0.1) is 0 Å². The normalized spacial score (nSPS) is 16.9. The van der Waals surface area contributed by atoms with E-state index in [9.17, 15) is 30.3 Å². The van der Waals surface area contributed by atoms with Crippen molar-refractivity contribution in [1.29, 1.82) is 0 Å². The molecule has 9 aromatic rings. The summed E-state index contributed by atoms with van der Waals surface area (Å²) in [5, 5.41) is 52.4. The number of amides is 1. The molecule has 2 aliphatic carbocycles. The van der Waals surface area contributed by atoms with Gasteiger partial charge in [-0.3, -0.25) is 14.6 Å². The van der Waals surface area contributed by atoms with E-state index in [-0.39, 0.29) is 37.2 Å². The summed E-state index contributed by atoms with van der Waals surface area (Å²) in [6, 6.07) is 83.6. The van der Waals surface area contributed by atoms with Crippen LogP contribution < -0.4 is 15.1 Å². The molecule has 3 saturated heterocycles. The number of para-hydroxylation sites is 1. The van der Waals surface area contributed by atoms with Crippen molar-refractivity contribution in [2.45, 2.75) is 128 Å². The molecule has 3 aliphatic heterocycles. The number of benzene rings is 9. The molecule has 3 heterocycles. The quantitative estimate of drug-likeness (QED) is 0.0304. The van der Waals surface area contributed by atoms with Crippen molar-refractivity contribution in [3.63, 3.8) is 0 Å². The number of piperazine rings is 2. The predicted molar refractivity (Wildman–Crippen MR) is 439 cm³/mol. The molecular formula is C94H110N6O6. The Kier molecular flexibility index (Phi) is 27.5. The molecule has 5 aliphatic rings. The van der Waals surface area contributed by atoms with Crippen molar-refractivity contribution in [3.8, 4) is 11.5 Å². The number of hydrogen-bond donors (Lipinski definition) is 6. The van der Waals surface area contributed by atoms with Gasteiger partial charge < -0.3 is 45.5 Å². The van der Waals surface area contributed by atoms with E-state index in [1.54, 1.807) is 18.2 Å². The molecule has 1 amide bonds. The lowest BCUT2D eigenvalue weighted by atomic mass is 9.85. The largest absolute Gasteiger partial charge is 0.508 e. The number of hydrogen-bond acceptors (Lipinski definition) is 11. The third-order valence-electron chi connectivity index (χ3n) is 22.1. The van der Waals surface area contributed by atoms with Crippen LogP contribution in [-0.2, 0) is 4.79 Å². The van der Waals surface area contributed by atoms with E-state index in [2.05, 4.69) is 189 Å². The maximum atomic E-state index is 11.5. The molecule has 0 atom stereocenters. The Balaban J connectivity index is 0.000000149. The topological polar surface area (TPSA) is 146 Å². The second kappa shape index (κ2) is 38.2. The number of aromatic hydroxyl groups is 2. The average molecular weight is 1420 g/mol. The average Bonchev–Trinajstić information content (AvgIpc) is 1.12.